The third kappa shape index (κ3) is 3.09. The number of benzene rings is 4. The van der Waals surface area contributed by atoms with Gasteiger partial charge in [0, 0.05) is 28.0 Å². The molecule has 4 aromatic carbocycles. The molecule has 0 fully saturated rings. The Morgan fingerprint density at radius 3 is 2.08 bits per heavy atom. The predicted octanol–water partition coefficient (Wildman–Crippen LogP) is 5.88. The predicted molar refractivity (Wildman–Crippen MR) is 136 cm³/mol. The molecule has 0 saturated carbocycles. The highest BCUT2D eigenvalue weighted by Gasteiger charge is 2.42. The highest BCUT2D eigenvalue weighted by molar-refractivity contribution is 6.35. The van der Waals surface area contributed by atoms with Crippen molar-refractivity contribution in [1.82, 2.24) is 0 Å². The van der Waals surface area contributed by atoms with Crippen LogP contribution in [0.1, 0.15) is 46.5 Å². The van der Waals surface area contributed by atoms with Gasteiger partial charge in [-0.05, 0) is 59.3 Å². The number of fused-ring (bicyclic) bond motifs is 3. The van der Waals surface area contributed by atoms with Crippen LogP contribution in [0.15, 0.2) is 36.4 Å². The van der Waals surface area contributed by atoms with Gasteiger partial charge >= 0.3 is 0 Å². The third-order valence-corrected chi connectivity index (χ3v) is 7.36. The van der Waals surface area contributed by atoms with E-state index in [-0.39, 0.29) is 44.5 Å². The number of aryl methyl sites for hydroxylation is 1. The number of phenols is 5. The normalized spacial score (nSPS) is 14.0. The maximum Gasteiger partial charge on any atom is 0.201 e. The summed E-state index contributed by atoms with van der Waals surface area (Å²) in [7, 11) is 1.44. The number of carbonyl (C=O) groups is 1. The van der Waals surface area contributed by atoms with Gasteiger partial charge in [0.25, 0.3) is 0 Å². The van der Waals surface area contributed by atoms with Crippen molar-refractivity contribution in [3.05, 3.63) is 69.2 Å². The molecule has 184 valence electrons. The molecule has 0 spiro atoms. The van der Waals surface area contributed by atoms with Gasteiger partial charge in [0.2, 0.25) is 5.78 Å². The van der Waals surface area contributed by atoms with Crippen LogP contribution in [-0.4, -0.2) is 38.4 Å². The summed E-state index contributed by atoms with van der Waals surface area (Å²) in [6.07, 6.45) is 0. The van der Waals surface area contributed by atoms with Gasteiger partial charge in [-0.25, -0.2) is 0 Å². The first-order valence-electron chi connectivity index (χ1n) is 11.1. The van der Waals surface area contributed by atoms with Crippen molar-refractivity contribution in [1.29, 1.82) is 0 Å². The average Bonchev–Trinajstić information content (AvgIpc) is 2.79. The monoisotopic (exact) mass is 506 g/mol. The Morgan fingerprint density at radius 2 is 1.42 bits per heavy atom. The van der Waals surface area contributed by atoms with Gasteiger partial charge in [-0.2, -0.15) is 0 Å². The molecule has 0 aromatic heterocycles. The average molecular weight is 507 g/mol. The first kappa shape index (κ1) is 23.6. The summed E-state index contributed by atoms with van der Waals surface area (Å²) in [6.45, 7) is 5.35. The Morgan fingerprint density at radius 1 is 0.806 bits per heavy atom. The highest BCUT2D eigenvalue weighted by Crippen LogP contribution is 2.53. The minimum Gasteiger partial charge on any atom is -0.508 e. The molecule has 5 rings (SSSR count). The minimum absolute atomic E-state index is 0.0108. The number of methoxy groups -OCH3 is 1. The number of hydrogen-bond acceptors (Lipinski definition) is 7. The van der Waals surface area contributed by atoms with E-state index in [1.807, 2.05) is 0 Å². The van der Waals surface area contributed by atoms with Crippen molar-refractivity contribution in [2.24, 2.45) is 0 Å². The zero-order chi connectivity index (χ0) is 26.3. The second-order valence-corrected chi connectivity index (χ2v) is 9.89. The number of carbonyl (C=O) groups excluding carboxylic acids is 1. The fourth-order valence-electron chi connectivity index (χ4n) is 5.29. The Balaban J connectivity index is 1.93. The van der Waals surface area contributed by atoms with E-state index in [0.717, 1.165) is 0 Å². The SMILES string of the molecule is COc1cc(O)cc(C)c1-c1cc(O)cc2cc3c(c(O)c12)C(=O)c1c(cc(O)c(Cl)c1O)C3(C)C. The van der Waals surface area contributed by atoms with Crippen LogP contribution < -0.4 is 4.74 Å². The van der Waals surface area contributed by atoms with Gasteiger partial charge in [0.05, 0.1) is 18.2 Å². The summed E-state index contributed by atoms with van der Waals surface area (Å²) in [6, 6.07) is 8.94. The van der Waals surface area contributed by atoms with E-state index in [2.05, 4.69) is 0 Å². The van der Waals surface area contributed by atoms with Gasteiger partial charge in [0.15, 0.2) is 0 Å². The van der Waals surface area contributed by atoms with E-state index < -0.39 is 16.9 Å². The van der Waals surface area contributed by atoms with Crippen LogP contribution in [0.3, 0.4) is 0 Å². The molecule has 0 heterocycles. The number of aromatic hydroxyl groups is 5. The van der Waals surface area contributed by atoms with E-state index in [1.165, 1.54) is 37.4 Å². The van der Waals surface area contributed by atoms with Crippen molar-refractivity contribution < 1.29 is 35.1 Å². The van der Waals surface area contributed by atoms with Crippen LogP contribution in [-0.2, 0) is 5.41 Å². The summed E-state index contributed by atoms with van der Waals surface area (Å²) in [5, 5.41) is 53.6. The maximum atomic E-state index is 13.7. The molecule has 5 N–H and O–H groups in total. The molecule has 1 aliphatic carbocycles. The largest absolute Gasteiger partial charge is 0.508 e. The topological polar surface area (TPSA) is 127 Å². The van der Waals surface area contributed by atoms with E-state index >= 15 is 0 Å². The zero-order valence-electron chi connectivity index (χ0n) is 19.9. The second kappa shape index (κ2) is 7.70. The fraction of sp³-hybridized carbons (Fsp3) is 0.179. The van der Waals surface area contributed by atoms with Crippen molar-refractivity contribution in [3.8, 4) is 45.6 Å². The van der Waals surface area contributed by atoms with Crippen molar-refractivity contribution >= 4 is 28.2 Å². The Labute approximate surface area is 211 Å². The standard InChI is InChI=1S/C28H23ClO7/c1-11-5-13(30)9-19(36-4)20(11)15-8-14(31)6-12-7-16-22(25(33)21(12)15)26(34)23-17(28(16,2)3)10-18(32)24(29)27(23)35/h5-10,30-33,35H,1-4H3. The van der Waals surface area contributed by atoms with Gasteiger partial charge < -0.3 is 30.3 Å². The lowest BCUT2D eigenvalue weighted by Crippen LogP contribution is -2.30. The van der Waals surface area contributed by atoms with Crippen LogP contribution >= 0.6 is 11.6 Å². The third-order valence-electron chi connectivity index (χ3n) is 6.99. The van der Waals surface area contributed by atoms with Gasteiger partial charge in [-0.15, -0.1) is 0 Å². The zero-order valence-corrected chi connectivity index (χ0v) is 20.7. The molecule has 4 aromatic rings. The molecular weight excluding hydrogens is 484 g/mol. The lowest BCUT2D eigenvalue weighted by Gasteiger charge is -2.35. The molecule has 7 nitrogen and oxygen atoms in total. The summed E-state index contributed by atoms with van der Waals surface area (Å²) in [5.74, 6) is -1.68. The Bertz CT molecular complexity index is 1640. The number of phenolic OH excluding ortho intramolecular Hbond substituents is 5. The van der Waals surface area contributed by atoms with Crippen LogP contribution in [0.25, 0.3) is 21.9 Å². The molecule has 0 amide bonds. The fourth-order valence-corrected chi connectivity index (χ4v) is 5.44. The van der Waals surface area contributed by atoms with Crippen molar-refractivity contribution in [3.63, 3.8) is 0 Å². The number of ether oxygens (including phenoxy) is 1. The number of rotatable bonds is 2. The molecule has 8 heteroatoms. The van der Waals surface area contributed by atoms with Gasteiger partial charge in [0.1, 0.15) is 39.5 Å². The van der Waals surface area contributed by atoms with Crippen LogP contribution in [0.5, 0.6) is 34.5 Å². The maximum absolute atomic E-state index is 13.7. The summed E-state index contributed by atoms with van der Waals surface area (Å²) in [5.41, 5.74) is 1.30. The number of halogens is 1. The minimum atomic E-state index is -0.929. The molecular formula is C28H23ClO7. The van der Waals surface area contributed by atoms with E-state index in [9.17, 15) is 30.3 Å². The molecule has 0 saturated heterocycles. The summed E-state index contributed by atoms with van der Waals surface area (Å²) in [4.78, 5) is 13.7. The molecule has 0 aliphatic heterocycles. The molecule has 1 aliphatic rings. The van der Waals surface area contributed by atoms with Gasteiger partial charge in [-0.1, -0.05) is 25.4 Å². The first-order valence-corrected chi connectivity index (χ1v) is 11.5. The van der Waals surface area contributed by atoms with E-state index in [1.54, 1.807) is 26.8 Å². The van der Waals surface area contributed by atoms with Crippen molar-refractivity contribution in [2.45, 2.75) is 26.2 Å². The first-order chi connectivity index (χ1) is 16.9. The Kier molecular flexibility index (Phi) is 5.05. The van der Waals surface area contributed by atoms with E-state index in [4.69, 9.17) is 16.3 Å². The van der Waals surface area contributed by atoms with E-state index in [0.29, 0.717) is 39.0 Å². The summed E-state index contributed by atoms with van der Waals surface area (Å²) < 4.78 is 5.48. The van der Waals surface area contributed by atoms with Crippen LogP contribution in [0.2, 0.25) is 5.02 Å². The Hall–Kier alpha value is -4.10. The number of hydrogen-bond donors (Lipinski definition) is 5. The van der Waals surface area contributed by atoms with Crippen LogP contribution in [0, 0.1) is 6.92 Å². The molecule has 0 unspecified atom stereocenters. The lowest BCUT2D eigenvalue weighted by atomic mass is 9.67. The highest BCUT2D eigenvalue weighted by atomic mass is 35.5. The lowest BCUT2D eigenvalue weighted by molar-refractivity contribution is 0.102. The van der Waals surface area contributed by atoms with Crippen molar-refractivity contribution in [2.75, 3.05) is 7.11 Å². The molecule has 36 heavy (non-hydrogen) atoms. The number of ketones is 1. The quantitative estimate of drug-likeness (QED) is 0.230. The van der Waals surface area contributed by atoms with Crippen LogP contribution in [0.4, 0.5) is 0 Å². The second-order valence-electron chi connectivity index (χ2n) is 9.51. The molecule has 0 atom stereocenters. The summed E-state index contributed by atoms with van der Waals surface area (Å²) >= 11 is 6.04. The smallest absolute Gasteiger partial charge is 0.201 e. The van der Waals surface area contributed by atoms with Gasteiger partial charge in [-0.3, -0.25) is 4.79 Å². The molecule has 0 bridgehead atoms. The molecule has 0 radical (unpaired) electrons.